The molecule has 0 radical (unpaired) electrons. The number of carbonyl (C=O) groups is 1. The van der Waals surface area contributed by atoms with Crippen LogP contribution in [0.3, 0.4) is 0 Å². The van der Waals surface area contributed by atoms with Crippen LogP contribution in [0.4, 0.5) is 13.2 Å². The normalized spacial score (nSPS) is 13.5. The summed E-state index contributed by atoms with van der Waals surface area (Å²) in [6.45, 7) is 0.264. The molecular weight excluding hydrogens is 219 g/mol. The van der Waals surface area contributed by atoms with Crippen LogP contribution in [0.1, 0.15) is 23.5 Å². The first kappa shape index (κ1) is 12.7. The summed E-state index contributed by atoms with van der Waals surface area (Å²) in [5, 5.41) is 0. The van der Waals surface area contributed by atoms with Gasteiger partial charge in [-0.05, 0) is 24.6 Å². The number of hydrogen-bond acceptors (Lipinski definition) is 2. The Labute approximate surface area is 91.3 Å². The highest BCUT2D eigenvalue weighted by Crippen LogP contribution is 2.31. The zero-order valence-corrected chi connectivity index (χ0v) is 8.50. The lowest BCUT2D eigenvalue weighted by Gasteiger charge is -2.12. The molecule has 0 aliphatic rings. The molecule has 0 fully saturated rings. The lowest BCUT2D eigenvalue weighted by atomic mass is 9.95. The van der Waals surface area contributed by atoms with E-state index in [9.17, 15) is 18.0 Å². The van der Waals surface area contributed by atoms with Gasteiger partial charge in [0.05, 0.1) is 5.56 Å². The van der Waals surface area contributed by atoms with Crippen LogP contribution in [0.2, 0.25) is 0 Å². The molecule has 1 aromatic carbocycles. The van der Waals surface area contributed by atoms with E-state index in [0.717, 1.165) is 12.1 Å². The smallest absolute Gasteiger partial charge is 0.330 e. The number of halogens is 3. The molecule has 5 heteroatoms. The van der Waals surface area contributed by atoms with Gasteiger partial charge in [0.25, 0.3) is 0 Å². The molecule has 1 unspecified atom stereocenters. The van der Waals surface area contributed by atoms with Crippen LogP contribution in [0, 0.1) is 0 Å². The highest BCUT2D eigenvalue weighted by molar-refractivity contribution is 5.62. The van der Waals surface area contributed by atoms with E-state index < -0.39 is 17.7 Å². The van der Waals surface area contributed by atoms with Gasteiger partial charge in [-0.25, -0.2) is 0 Å². The van der Waals surface area contributed by atoms with Crippen LogP contribution < -0.4 is 5.73 Å². The van der Waals surface area contributed by atoms with Crippen molar-refractivity contribution in [3.8, 4) is 0 Å². The number of benzene rings is 1. The first-order valence-electron chi connectivity index (χ1n) is 4.81. The molecule has 2 nitrogen and oxygen atoms in total. The van der Waals surface area contributed by atoms with Crippen molar-refractivity contribution < 1.29 is 18.0 Å². The van der Waals surface area contributed by atoms with E-state index >= 15 is 0 Å². The van der Waals surface area contributed by atoms with Crippen LogP contribution >= 0.6 is 0 Å². The summed E-state index contributed by atoms with van der Waals surface area (Å²) < 4.78 is 37.2. The van der Waals surface area contributed by atoms with Gasteiger partial charge in [0.1, 0.15) is 6.29 Å². The average Bonchev–Trinajstić information content (AvgIpc) is 2.25. The standard InChI is InChI=1S/C11H12F3NO/c12-11(13,14)10-3-1-2-8(6-10)9(7-16)4-5-15/h1-3,6-7,9H,4-5,15H2. The van der Waals surface area contributed by atoms with Gasteiger partial charge in [-0.3, -0.25) is 0 Å². The Morgan fingerprint density at radius 2 is 2.06 bits per heavy atom. The van der Waals surface area contributed by atoms with Crippen LogP contribution in [-0.2, 0) is 11.0 Å². The van der Waals surface area contributed by atoms with E-state index in [1.54, 1.807) is 0 Å². The van der Waals surface area contributed by atoms with E-state index in [1.807, 2.05) is 0 Å². The molecule has 1 rings (SSSR count). The fraction of sp³-hybridized carbons (Fsp3) is 0.364. The van der Waals surface area contributed by atoms with Crippen LogP contribution in [0.25, 0.3) is 0 Å². The minimum atomic E-state index is -4.38. The molecule has 0 aliphatic carbocycles. The average molecular weight is 231 g/mol. The van der Waals surface area contributed by atoms with Crippen molar-refractivity contribution in [2.24, 2.45) is 5.73 Å². The summed E-state index contributed by atoms with van der Waals surface area (Å²) in [4.78, 5) is 10.7. The molecule has 1 atom stereocenters. The third-order valence-electron chi connectivity index (χ3n) is 2.28. The topological polar surface area (TPSA) is 43.1 Å². The summed E-state index contributed by atoms with van der Waals surface area (Å²) in [6.07, 6.45) is -3.40. The van der Waals surface area contributed by atoms with Crippen molar-refractivity contribution in [2.75, 3.05) is 6.54 Å². The number of aldehydes is 1. The summed E-state index contributed by atoms with van der Waals surface area (Å²) >= 11 is 0. The summed E-state index contributed by atoms with van der Waals surface area (Å²) in [5.74, 6) is -0.563. The first-order chi connectivity index (χ1) is 7.49. The molecule has 0 aliphatic heterocycles. The Balaban J connectivity index is 3.01. The Hall–Kier alpha value is -1.36. The molecule has 0 aromatic heterocycles. The fourth-order valence-corrected chi connectivity index (χ4v) is 1.44. The molecule has 0 saturated heterocycles. The van der Waals surface area contributed by atoms with Gasteiger partial charge < -0.3 is 10.5 Å². The van der Waals surface area contributed by atoms with Gasteiger partial charge in [-0.2, -0.15) is 13.2 Å². The summed E-state index contributed by atoms with van der Waals surface area (Å²) in [6, 6.07) is 4.78. The second-order valence-corrected chi connectivity index (χ2v) is 3.44. The van der Waals surface area contributed by atoms with Gasteiger partial charge in [0.2, 0.25) is 0 Å². The Bertz CT molecular complexity index is 362. The highest BCUT2D eigenvalue weighted by Gasteiger charge is 2.30. The SMILES string of the molecule is NCCC(C=O)c1cccc(C(F)(F)F)c1. The molecule has 2 N–H and O–H groups in total. The first-order valence-corrected chi connectivity index (χ1v) is 4.81. The van der Waals surface area contributed by atoms with E-state index in [-0.39, 0.29) is 6.54 Å². The second-order valence-electron chi connectivity index (χ2n) is 3.44. The quantitative estimate of drug-likeness (QED) is 0.808. The lowest BCUT2D eigenvalue weighted by molar-refractivity contribution is -0.137. The molecule has 0 spiro atoms. The summed E-state index contributed by atoms with van der Waals surface area (Å²) in [5.41, 5.74) is 4.90. The van der Waals surface area contributed by atoms with Gasteiger partial charge in [-0.1, -0.05) is 18.2 Å². The summed E-state index contributed by atoms with van der Waals surface area (Å²) in [7, 11) is 0. The van der Waals surface area contributed by atoms with Gasteiger partial charge in [0, 0.05) is 5.92 Å². The van der Waals surface area contributed by atoms with E-state index in [2.05, 4.69) is 0 Å². The predicted octanol–water partition coefficient (Wildman–Crippen LogP) is 2.34. The van der Waals surface area contributed by atoms with E-state index in [1.165, 1.54) is 12.1 Å². The van der Waals surface area contributed by atoms with E-state index in [4.69, 9.17) is 5.73 Å². The molecular formula is C11H12F3NO. The van der Waals surface area contributed by atoms with Crippen molar-refractivity contribution >= 4 is 6.29 Å². The van der Waals surface area contributed by atoms with Crippen LogP contribution in [0.5, 0.6) is 0 Å². The van der Waals surface area contributed by atoms with Gasteiger partial charge in [0.15, 0.2) is 0 Å². The largest absolute Gasteiger partial charge is 0.416 e. The molecule has 88 valence electrons. The maximum atomic E-state index is 12.4. The van der Waals surface area contributed by atoms with Crippen molar-refractivity contribution in [1.29, 1.82) is 0 Å². The lowest BCUT2D eigenvalue weighted by Crippen LogP contribution is -2.10. The number of rotatable bonds is 4. The van der Waals surface area contributed by atoms with Gasteiger partial charge >= 0.3 is 6.18 Å². The van der Waals surface area contributed by atoms with Crippen molar-refractivity contribution in [3.05, 3.63) is 35.4 Å². The Morgan fingerprint density at radius 3 is 2.56 bits per heavy atom. The molecule has 1 aromatic rings. The number of nitrogens with two attached hydrogens (primary N) is 1. The molecule has 0 bridgehead atoms. The minimum Gasteiger partial charge on any atom is -0.330 e. The third-order valence-corrected chi connectivity index (χ3v) is 2.28. The predicted molar refractivity (Wildman–Crippen MR) is 53.9 cm³/mol. The second kappa shape index (κ2) is 5.12. The van der Waals surface area contributed by atoms with Crippen LogP contribution in [-0.4, -0.2) is 12.8 Å². The molecule has 0 saturated carbocycles. The van der Waals surface area contributed by atoms with E-state index in [0.29, 0.717) is 18.3 Å². The van der Waals surface area contributed by atoms with Crippen molar-refractivity contribution in [3.63, 3.8) is 0 Å². The monoisotopic (exact) mass is 231 g/mol. The van der Waals surface area contributed by atoms with Crippen LogP contribution in [0.15, 0.2) is 24.3 Å². The Kier molecular flexibility index (Phi) is 4.06. The van der Waals surface area contributed by atoms with Crippen molar-refractivity contribution in [1.82, 2.24) is 0 Å². The third kappa shape index (κ3) is 3.06. The minimum absolute atomic E-state index is 0.264. The fourth-order valence-electron chi connectivity index (χ4n) is 1.44. The molecule has 16 heavy (non-hydrogen) atoms. The maximum absolute atomic E-state index is 12.4. The zero-order valence-electron chi connectivity index (χ0n) is 8.50. The van der Waals surface area contributed by atoms with Gasteiger partial charge in [-0.15, -0.1) is 0 Å². The highest BCUT2D eigenvalue weighted by atomic mass is 19.4. The number of alkyl halides is 3. The maximum Gasteiger partial charge on any atom is 0.416 e. The Morgan fingerprint density at radius 1 is 1.38 bits per heavy atom. The molecule has 0 amide bonds. The van der Waals surface area contributed by atoms with Crippen molar-refractivity contribution in [2.45, 2.75) is 18.5 Å². The molecule has 0 heterocycles. The number of carbonyl (C=O) groups excluding carboxylic acids is 1. The zero-order chi connectivity index (χ0) is 12.2. The number of hydrogen-bond donors (Lipinski definition) is 1.